The van der Waals surface area contributed by atoms with Gasteiger partial charge in [0, 0.05) is 18.3 Å². The molecule has 0 saturated heterocycles. The van der Waals surface area contributed by atoms with Gasteiger partial charge in [-0.3, -0.25) is 0 Å². The number of ether oxygens (including phenoxy) is 1. The second-order valence-corrected chi connectivity index (χ2v) is 5.32. The fourth-order valence-corrected chi connectivity index (χ4v) is 3.23. The third-order valence-electron chi connectivity index (χ3n) is 4.20. The van der Waals surface area contributed by atoms with Crippen molar-refractivity contribution < 1.29 is 9.13 Å². The summed E-state index contributed by atoms with van der Waals surface area (Å²) in [6, 6.07) is 14.5. The van der Waals surface area contributed by atoms with Crippen LogP contribution in [-0.2, 0) is 0 Å². The fourth-order valence-electron chi connectivity index (χ4n) is 3.23. The van der Waals surface area contributed by atoms with Gasteiger partial charge in [-0.2, -0.15) is 5.26 Å². The van der Waals surface area contributed by atoms with Crippen molar-refractivity contribution in [1.29, 1.82) is 5.26 Å². The number of methoxy groups -OCH3 is 1. The van der Waals surface area contributed by atoms with Gasteiger partial charge in [0.25, 0.3) is 0 Å². The molecule has 1 heterocycles. The van der Waals surface area contributed by atoms with Crippen LogP contribution in [0.1, 0.15) is 30.0 Å². The average molecular weight is 296 g/mol. The lowest BCUT2D eigenvalue weighted by Gasteiger charge is -2.28. The van der Waals surface area contributed by atoms with E-state index in [1.54, 1.807) is 13.2 Å². The quantitative estimate of drug-likeness (QED) is 0.858. The minimum absolute atomic E-state index is 0.173. The highest BCUT2D eigenvalue weighted by Gasteiger charge is 2.39. The van der Waals surface area contributed by atoms with Crippen molar-refractivity contribution in [1.82, 2.24) is 0 Å². The maximum absolute atomic E-state index is 13.6. The van der Waals surface area contributed by atoms with Crippen molar-refractivity contribution in [3.05, 3.63) is 59.4 Å². The van der Waals surface area contributed by atoms with E-state index >= 15 is 0 Å². The number of likely N-dealkylation sites (N-methyl/N-ethyl adjacent to an activating group) is 1. The van der Waals surface area contributed by atoms with Gasteiger partial charge in [0.15, 0.2) is 0 Å². The lowest BCUT2D eigenvalue weighted by molar-refractivity contribution is 0.415. The molecule has 3 nitrogen and oxygen atoms in total. The molecule has 2 atom stereocenters. The standard InChI is InChI=1S/C18H17FN2O/c1-3-21-17-10-14(22-2)7-8-15(17)16(11-20)18(21)12-5-4-6-13(19)9-12/h4-10,16,18H,3H2,1-2H3. The summed E-state index contributed by atoms with van der Waals surface area (Å²) < 4.78 is 18.9. The van der Waals surface area contributed by atoms with Crippen LogP contribution in [0.15, 0.2) is 42.5 Å². The van der Waals surface area contributed by atoms with Crippen LogP contribution in [-0.4, -0.2) is 13.7 Å². The number of anilines is 1. The van der Waals surface area contributed by atoms with E-state index in [1.165, 1.54) is 12.1 Å². The Morgan fingerprint density at radius 2 is 2.09 bits per heavy atom. The molecule has 0 aromatic heterocycles. The molecule has 0 radical (unpaired) electrons. The number of fused-ring (bicyclic) bond motifs is 1. The first-order valence-electron chi connectivity index (χ1n) is 7.29. The van der Waals surface area contributed by atoms with Gasteiger partial charge in [0.2, 0.25) is 0 Å². The zero-order valence-electron chi connectivity index (χ0n) is 12.6. The van der Waals surface area contributed by atoms with Crippen LogP contribution in [0.3, 0.4) is 0 Å². The van der Waals surface area contributed by atoms with Crippen LogP contribution >= 0.6 is 0 Å². The highest BCUT2D eigenvalue weighted by atomic mass is 19.1. The van der Waals surface area contributed by atoms with Crippen LogP contribution in [0.5, 0.6) is 5.75 Å². The first kappa shape index (κ1) is 14.4. The van der Waals surface area contributed by atoms with Crippen molar-refractivity contribution in [3.63, 3.8) is 0 Å². The van der Waals surface area contributed by atoms with Gasteiger partial charge in [-0.15, -0.1) is 0 Å². The Morgan fingerprint density at radius 1 is 1.27 bits per heavy atom. The molecule has 0 aliphatic carbocycles. The summed E-state index contributed by atoms with van der Waals surface area (Å²) in [5, 5.41) is 9.65. The van der Waals surface area contributed by atoms with Crippen molar-refractivity contribution in [2.24, 2.45) is 0 Å². The summed E-state index contributed by atoms with van der Waals surface area (Å²) in [6.45, 7) is 2.77. The average Bonchev–Trinajstić information content (AvgIpc) is 2.87. The molecule has 0 N–H and O–H groups in total. The first-order valence-corrected chi connectivity index (χ1v) is 7.29. The van der Waals surface area contributed by atoms with E-state index in [4.69, 9.17) is 4.74 Å². The van der Waals surface area contributed by atoms with Gasteiger partial charge in [0.05, 0.1) is 25.1 Å². The molecule has 2 aromatic carbocycles. The van der Waals surface area contributed by atoms with Gasteiger partial charge in [-0.05, 0) is 36.2 Å². The Labute approximate surface area is 129 Å². The number of nitriles is 1. The van der Waals surface area contributed by atoms with E-state index in [0.29, 0.717) is 0 Å². The van der Waals surface area contributed by atoms with Crippen LogP contribution in [0.4, 0.5) is 10.1 Å². The molecule has 0 fully saturated rings. The minimum atomic E-state index is -0.317. The van der Waals surface area contributed by atoms with Crippen molar-refractivity contribution >= 4 is 5.69 Å². The van der Waals surface area contributed by atoms with E-state index in [9.17, 15) is 9.65 Å². The molecular formula is C18H17FN2O. The summed E-state index contributed by atoms with van der Waals surface area (Å²) in [6.07, 6.45) is 0. The number of hydrogen-bond donors (Lipinski definition) is 0. The molecule has 112 valence electrons. The van der Waals surface area contributed by atoms with Gasteiger partial charge in [0.1, 0.15) is 11.6 Å². The Balaban J connectivity index is 2.13. The second kappa shape index (κ2) is 5.69. The fraction of sp³-hybridized carbons (Fsp3) is 0.278. The Morgan fingerprint density at radius 3 is 2.73 bits per heavy atom. The summed E-state index contributed by atoms with van der Waals surface area (Å²) >= 11 is 0. The summed E-state index contributed by atoms with van der Waals surface area (Å²) in [5.41, 5.74) is 2.78. The number of benzene rings is 2. The van der Waals surface area contributed by atoms with E-state index in [1.807, 2.05) is 31.2 Å². The molecule has 0 amide bonds. The van der Waals surface area contributed by atoms with Crippen LogP contribution in [0.2, 0.25) is 0 Å². The predicted molar refractivity (Wildman–Crippen MR) is 83.5 cm³/mol. The molecule has 1 aliphatic rings. The van der Waals surface area contributed by atoms with Gasteiger partial charge in [-0.25, -0.2) is 4.39 Å². The van der Waals surface area contributed by atoms with Crippen LogP contribution in [0, 0.1) is 17.1 Å². The monoisotopic (exact) mass is 296 g/mol. The highest BCUT2D eigenvalue weighted by molar-refractivity contribution is 5.67. The Bertz CT molecular complexity index is 738. The first-order chi connectivity index (χ1) is 10.7. The summed E-state index contributed by atoms with van der Waals surface area (Å²) in [7, 11) is 1.62. The van der Waals surface area contributed by atoms with Crippen molar-refractivity contribution in [3.8, 4) is 11.8 Å². The Kier molecular flexibility index (Phi) is 3.72. The smallest absolute Gasteiger partial charge is 0.123 e. The number of rotatable bonds is 3. The molecule has 0 saturated carbocycles. The SMILES string of the molecule is CCN1c2cc(OC)ccc2C(C#N)C1c1cccc(F)c1. The number of nitrogens with zero attached hydrogens (tertiary/aromatic N) is 2. The summed E-state index contributed by atoms with van der Waals surface area (Å²) in [4.78, 5) is 2.14. The predicted octanol–water partition coefficient (Wildman–Crippen LogP) is 4.02. The topological polar surface area (TPSA) is 36.3 Å². The summed E-state index contributed by atoms with van der Waals surface area (Å²) in [5.74, 6) is 0.162. The maximum Gasteiger partial charge on any atom is 0.123 e. The van der Waals surface area contributed by atoms with E-state index in [2.05, 4.69) is 11.0 Å². The highest BCUT2D eigenvalue weighted by Crippen LogP contribution is 2.49. The third-order valence-corrected chi connectivity index (χ3v) is 4.20. The molecule has 4 heteroatoms. The molecule has 2 unspecified atom stereocenters. The largest absolute Gasteiger partial charge is 0.497 e. The van der Waals surface area contributed by atoms with Crippen molar-refractivity contribution in [2.75, 3.05) is 18.6 Å². The molecule has 2 aromatic rings. The van der Waals surface area contributed by atoms with Gasteiger partial charge < -0.3 is 9.64 Å². The number of halogens is 1. The Hall–Kier alpha value is -2.54. The molecule has 3 rings (SSSR count). The van der Waals surface area contributed by atoms with Gasteiger partial charge in [-0.1, -0.05) is 18.2 Å². The maximum atomic E-state index is 13.6. The molecule has 0 spiro atoms. The zero-order chi connectivity index (χ0) is 15.7. The van der Waals surface area contributed by atoms with Crippen LogP contribution in [0.25, 0.3) is 0 Å². The van der Waals surface area contributed by atoms with Crippen LogP contribution < -0.4 is 9.64 Å². The van der Waals surface area contributed by atoms with E-state index in [-0.39, 0.29) is 17.8 Å². The molecule has 0 bridgehead atoms. The third kappa shape index (κ3) is 2.19. The zero-order valence-corrected chi connectivity index (χ0v) is 12.6. The minimum Gasteiger partial charge on any atom is -0.497 e. The lowest BCUT2D eigenvalue weighted by atomic mass is 9.91. The van der Waals surface area contributed by atoms with Gasteiger partial charge >= 0.3 is 0 Å². The van der Waals surface area contributed by atoms with Crippen molar-refractivity contribution in [2.45, 2.75) is 18.9 Å². The van der Waals surface area contributed by atoms with E-state index < -0.39 is 0 Å². The lowest BCUT2D eigenvalue weighted by Crippen LogP contribution is -2.26. The second-order valence-electron chi connectivity index (χ2n) is 5.32. The number of hydrogen-bond acceptors (Lipinski definition) is 3. The molecule has 1 aliphatic heterocycles. The molecular weight excluding hydrogens is 279 g/mol. The molecule has 22 heavy (non-hydrogen) atoms. The van der Waals surface area contributed by atoms with E-state index in [0.717, 1.165) is 29.1 Å². The normalized spacial score (nSPS) is 19.6.